The summed E-state index contributed by atoms with van der Waals surface area (Å²) in [6.45, 7) is 0.391. The summed E-state index contributed by atoms with van der Waals surface area (Å²) in [5.74, 6) is -0.309. The molecule has 1 amide bonds. The number of carbonyl (C=O) groups is 1. The van der Waals surface area contributed by atoms with Crippen LogP contribution < -0.4 is 5.32 Å². The molecule has 2 aromatic heterocycles. The first-order valence-electron chi connectivity index (χ1n) is 5.05. The van der Waals surface area contributed by atoms with Crippen LogP contribution in [0.2, 0.25) is 0 Å². The van der Waals surface area contributed by atoms with Gasteiger partial charge in [-0.15, -0.1) is 0 Å². The molecular formula is C11H12N4O2. The highest BCUT2D eigenvalue weighted by molar-refractivity contribution is 5.94. The number of hydrogen-bond donors (Lipinski definition) is 2. The third-order valence-electron chi connectivity index (χ3n) is 2.20. The van der Waals surface area contributed by atoms with E-state index in [9.17, 15) is 9.90 Å². The molecule has 0 atom stereocenters. The van der Waals surface area contributed by atoms with Crippen LogP contribution in [-0.4, -0.2) is 25.8 Å². The predicted molar refractivity (Wildman–Crippen MR) is 60.3 cm³/mol. The lowest BCUT2D eigenvalue weighted by atomic mass is 10.2. The van der Waals surface area contributed by atoms with E-state index >= 15 is 0 Å². The molecule has 0 spiro atoms. The first-order valence-corrected chi connectivity index (χ1v) is 5.05. The Morgan fingerprint density at radius 2 is 2.29 bits per heavy atom. The second-order valence-corrected chi connectivity index (χ2v) is 3.64. The van der Waals surface area contributed by atoms with Crippen molar-refractivity contribution in [3.05, 3.63) is 42.0 Å². The Balaban J connectivity index is 1.98. The van der Waals surface area contributed by atoms with Crippen LogP contribution in [0.1, 0.15) is 15.9 Å². The van der Waals surface area contributed by atoms with Crippen molar-refractivity contribution in [1.82, 2.24) is 20.1 Å². The average molecular weight is 232 g/mol. The van der Waals surface area contributed by atoms with Gasteiger partial charge in [0.05, 0.1) is 18.0 Å². The number of carbonyl (C=O) groups excluding carboxylic acids is 1. The molecule has 6 nitrogen and oxygen atoms in total. The first-order chi connectivity index (χ1) is 8.15. The number of aromatic nitrogens is 3. The van der Waals surface area contributed by atoms with Crippen molar-refractivity contribution in [2.45, 2.75) is 6.54 Å². The zero-order valence-corrected chi connectivity index (χ0v) is 9.29. The molecule has 0 unspecified atom stereocenters. The lowest BCUT2D eigenvalue weighted by Gasteiger charge is -2.03. The molecule has 0 saturated carbocycles. The van der Waals surface area contributed by atoms with Crippen molar-refractivity contribution in [1.29, 1.82) is 0 Å². The van der Waals surface area contributed by atoms with Gasteiger partial charge in [0.2, 0.25) is 0 Å². The average Bonchev–Trinajstić information content (AvgIpc) is 2.72. The summed E-state index contributed by atoms with van der Waals surface area (Å²) >= 11 is 0. The highest BCUT2D eigenvalue weighted by atomic mass is 16.3. The van der Waals surface area contributed by atoms with Crippen LogP contribution in [0.25, 0.3) is 0 Å². The Kier molecular flexibility index (Phi) is 3.04. The van der Waals surface area contributed by atoms with Gasteiger partial charge in [0, 0.05) is 31.5 Å². The van der Waals surface area contributed by atoms with Gasteiger partial charge in [-0.1, -0.05) is 0 Å². The highest BCUT2D eigenvalue weighted by Gasteiger charge is 2.06. The number of rotatable bonds is 3. The molecule has 0 aliphatic carbocycles. The second-order valence-electron chi connectivity index (χ2n) is 3.64. The topological polar surface area (TPSA) is 80.0 Å². The fraction of sp³-hybridized carbons (Fsp3) is 0.182. The number of hydrogen-bond acceptors (Lipinski definition) is 4. The number of nitrogens with one attached hydrogen (secondary N) is 1. The number of aryl methyl sites for hydroxylation is 1. The van der Waals surface area contributed by atoms with Crippen LogP contribution in [0, 0.1) is 0 Å². The molecule has 0 aliphatic rings. The molecule has 2 heterocycles. The zero-order chi connectivity index (χ0) is 12.3. The van der Waals surface area contributed by atoms with Gasteiger partial charge in [-0.3, -0.25) is 14.5 Å². The van der Waals surface area contributed by atoms with Gasteiger partial charge in [-0.05, 0) is 6.07 Å². The molecule has 0 bridgehead atoms. The molecule has 6 heteroatoms. The third kappa shape index (κ3) is 2.81. The zero-order valence-electron chi connectivity index (χ0n) is 9.29. The molecule has 0 saturated heterocycles. The van der Waals surface area contributed by atoms with Crippen LogP contribution in [-0.2, 0) is 13.6 Å². The Labute approximate surface area is 97.9 Å². The van der Waals surface area contributed by atoms with E-state index in [0.717, 1.165) is 5.56 Å². The van der Waals surface area contributed by atoms with Gasteiger partial charge in [0.15, 0.2) is 0 Å². The van der Waals surface area contributed by atoms with Gasteiger partial charge in [0.1, 0.15) is 5.75 Å². The fourth-order valence-electron chi connectivity index (χ4n) is 1.40. The summed E-state index contributed by atoms with van der Waals surface area (Å²) in [5, 5.41) is 15.9. The van der Waals surface area contributed by atoms with E-state index in [1.165, 1.54) is 18.5 Å². The number of nitrogens with zero attached hydrogens (tertiary/aromatic N) is 3. The SMILES string of the molecule is Cn1cc(CNC(=O)c2cncc(O)c2)cn1. The largest absolute Gasteiger partial charge is 0.506 e. The lowest BCUT2D eigenvalue weighted by Crippen LogP contribution is -2.22. The van der Waals surface area contributed by atoms with Crippen molar-refractivity contribution < 1.29 is 9.90 Å². The maximum atomic E-state index is 11.7. The molecular weight excluding hydrogens is 220 g/mol. The Morgan fingerprint density at radius 1 is 1.47 bits per heavy atom. The summed E-state index contributed by atoms with van der Waals surface area (Å²) < 4.78 is 1.66. The minimum Gasteiger partial charge on any atom is -0.506 e. The summed E-state index contributed by atoms with van der Waals surface area (Å²) in [6.07, 6.45) is 6.18. The van der Waals surface area contributed by atoms with E-state index < -0.39 is 0 Å². The van der Waals surface area contributed by atoms with Crippen molar-refractivity contribution in [2.75, 3.05) is 0 Å². The van der Waals surface area contributed by atoms with Crippen molar-refractivity contribution in [2.24, 2.45) is 7.05 Å². The maximum absolute atomic E-state index is 11.7. The number of pyridine rings is 1. The van der Waals surface area contributed by atoms with Crippen molar-refractivity contribution in [3.8, 4) is 5.75 Å². The quantitative estimate of drug-likeness (QED) is 0.805. The molecule has 2 N–H and O–H groups in total. The molecule has 0 radical (unpaired) electrons. The van der Waals surface area contributed by atoms with Crippen molar-refractivity contribution >= 4 is 5.91 Å². The lowest BCUT2D eigenvalue weighted by molar-refractivity contribution is 0.0950. The molecule has 0 aromatic carbocycles. The number of amides is 1. The molecule has 0 fully saturated rings. The van der Waals surface area contributed by atoms with Gasteiger partial charge in [-0.2, -0.15) is 5.10 Å². The summed E-state index contributed by atoms with van der Waals surface area (Å²) in [7, 11) is 1.81. The van der Waals surface area contributed by atoms with Gasteiger partial charge >= 0.3 is 0 Å². The summed E-state index contributed by atoms with van der Waals surface area (Å²) in [6, 6.07) is 1.37. The van der Waals surface area contributed by atoms with Gasteiger partial charge in [-0.25, -0.2) is 0 Å². The summed E-state index contributed by atoms with van der Waals surface area (Å²) in [4.78, 5) is 15.4. The Bertz CT molecular complexity index is 536. The fourth-order valence-corrected chi connectivity index (χ4v) is 1.40. The van der Waals surface area contributed by atoms with Crippen LogP contribution in [0.4, 0.5) is 0 Å². The van der Waals surface area contributed by atoms with Crippen molar-refractivity contribution in [3.63, 3.8) is 0 Å². The standard InChI is InChI=1S/C11H12N4O2/c1-15-7-8(4-14-15)3-13-11(17)9-2-10(16)6-12-5-9/h2,4-7,16H,3H2,1H3,(H,13,17). The molecule has 2 rings (SSSR count). The monoisotopic (exact) mass is 232 g/mol. The van der Waals surface area contributed by atoms with E-state index in [1.807, 2.05) is 13.2 Å². The predicted octanol–water partition coefficient (Wildman–Crippen LogP) is 0.451. The van der Waals surface area contributed by atoms with Crippen LogP contribution in [0.3, 0.4) is 0 Å². The molecule has 2 aromatic rings. The van der Waals surface area contributed by atoms with E-state index in [4.69, 9.17) is 0 Å². The Morgan fingerprint density at radius 3 is 2.94 bits per heavy atom. The van der Waals surface area contributed by atoms with Crippen LogP contribution >= 0.6 is 0 Å². The smallest absolute Gasteiger partial charge is 0.253 e. The normalized spacial score (nSPS) is 10.2. The summed E-state index contributed by atoms with van der Waals surface area (Å²) in [5.41, 5.74) is 1.24. The molecule has 0 aliphatic heterocycles. The first kappa shape index (κ1) is 11.1. The highest BCUT2D eigenvalue weighted by Crippen LogP contribution is 2.08. The minimum atomic E-state index is -0.280. The second kappa shape index (κ2) is 4.65. The Hall–Kier alpha value is -2.37. The van der Waals surface area contributed by atoms with Gasteiger partial charge in [0.25, 0.3) is 5.91 Å². The van der Waals surface area contributed by atoms with Crippen LogP contribution in [0.15, 0.2) is 30.9 Å². The van der Waals surface area contributed by atoms with E-state index in [0.29, 0.717) is 12.1 Å². The van der Waals surface area contributed by atoms with Gasteiger partial charge < -0.3 is 10.4 Å². The molecule has 17 heavy (non-hydrogen) atoms. The third-order valence-corrected chi connectivity index (χ3v) is 2.20. The van der Waals surface area contributed by atoms with E-state index in [1.54, 1.807) is 10.9 Å². The number of aromatic hydroxyl groups is 1. The maximum Gasteiger partial charge on any atom is 0.253 e. The van der Waals surface area contributed by atoms with E-state index in [2.05, 4.69) is 15.4 Å². The van der Waals surface area contributed by atoms with Crippen LogP contribution in [0.5, 0.6) is 5.75 Å². The molecule has 88 valence electrons. The van der Waals surface area contributed by atoms with E-state index in [-0.39, 0.29) is 11.7 Å². The minimum absolute atomic E-state index is 0.0287.